The number of thiazole rings is 1. The van der Waals surface area contributed by atoms with Crippen molar-refractivity contribution in [2.75, 3.05) is 11.1 Å². The molecule has 1 aromatic carbocycles. The molecule has 3 rings (SSSR count). The maximum atomic E-state index is 13.3. The van der Waals surface area contributed by atoms with Crippen LogP contribution >= 0.6 is 11.3 Å². The molecule has 9 heteroatoms. The second-order valence-electron chi connectivity index (χ2n) is 6.63. The van der Waals surface area contributed by atoms with E-state index in [2.05, 4.69) is 10.3 Å². The quantitative estimate of drug-likeness (QED) is 0.750. The molecule has 1 aliphatic carbocycles. The Morgan fingerprint density at radius 3 is 2.67 bits per heavy atom. The smallest absolute Gasteiger partial charge is 0.227 e. The number of amides is 1. The normalized spacial score (nSPS) is 15.2. The molecule has 0 saturated heterocycles. The van der Waals surface area contributed by atoms with Crippen LogP contribution in [0.1, 0.15) is 42.5 Å². The number of nitrogens with one attached hydrogen (secondary N) is 1. The van der Waals surface area contributed by atoms with Crippen molar-refractivity contribution in [1.82, 2.24) is 4.98 Å². The van der Waals surface area contributed by atoms with Crippen LogP contribution in [-0.4, -0.2) is 30.3 Å². The summed E-state index contributed by atoms with van der Waals surface area (Å²) in [7, 11) is -3.23. The molecule has 1 amide bonds. The summed E-state index contributed by atoms with van der Waals surface area (Å²) in [6, 6.07) is 3.69. The van der Waals surface area contributed by atoms with Gasteiger partial charge in [-0.15, -0.1) is 11.3 Å². The van der Waals surface area contributed by atoms with Crippen LogP contribution in [0.15, 0.2) is 24.4 Å². The molecule has 0 aliphatic heterocycles. The van der Waals surface area contributed by atoms with Crippen molar-refractivity contribution in [2.45, 2.75) is 43.8 Å². The molecule has 1 aromatic heterocycles. The molecule has 1 fully saturated rings. The maximum absolute atomic E-state index is 13.3. The molecule has 146 valence electrons. The van der Waals surface area contributed by atoms with E-state index in [1.807, 2.05) is 0 Å². The Bertz CT molecular complexity index is 922. The Kier molecular flexibility index (Phi) is 6.21. The van der Waals surface area contributed by atoms with Crippen molar-refractivity contribution >= 4 is 32.2 Å². The third-order valence-corrected chi connectivity index (χ3v) is 7.76. The van der Waals surface area contributed by atoms with E-state index in [1.165, 1.54) is 17.4 Å². The minimum atomic E-state index is -3.23. The highest BCUT2D eigenvalue weighted by Crippen LogP contribution is 2.26. The highest BCUT2D eigenvalue weighted by molar-refractivity contribution is 7.92. The molecule has 2 aromatic rings. The van der Waals surface area contributed by atoms with Crippen molar-refractivity contribution in [2.24, 2.45) is 0 Å². The number of carbonyl (C=O) groups is 1. The zero-order valence-corrected chi connectivity index (χ0v) is 16.2. The van der Waals surface area contributed by atoms with Crippen molar-refractivity contribution < 1.29 is 22.0 Å². The molecule has 1 heterocycles. The largest absolute Gasteiger partial charge is 0.302 e. The minimum Gasteiger partial charge on any atom is -0.302 e. The van der Waals surface area contributed by atoms with Crippen LogP contribution in [0.25, 0.3) is 0 Å². The Hall–Kier alpha value is -1.87. The lowest BCUT2D eigenvalue weighted by Gasteiger charge is -2.10. The second-order valence-corrected chi connectivity index (χ2v) is 10.1. The summed E-state index contributed by atoms with van der Waals surface area (Å²) in [6.07, 6.45) is 5.04. The van der Waals surface area contributed by atoms with E-state index in [0.29, 0.717) is 30.0 Å². The number of hydrogen-bond acceptors (Lipinski definition) is 5. The Morgan fingerprint density at radius 1 is 1.22 bits per heavy atom. The van der Waals surface area contributed by atoms with E-state index >= 15 is 0 Å². The van der Waals surface area contributed by atoms with Crippen LogP contribution in [-0.2, 0) is 21.1 Å². The first kappa shape index (κ1) is 19.9. The highest BCUT2D eigenvalue weighted by Gasteiger charge is 2.28. The van der Waals surface area contributed by atoms with Gasteiger partial charge in [-0.1, -0.05) is 18.9 Å². The summed E-state index contributed by atoms with van der Waals surface area (Å²) in [5.41, 5.74) is 0.595. The van der Waals surface area contributed by atoms with Gasteiger partial charge in [0.2, 0.25) is 5.91 Å². The predicted molar refractivity (Wildman–Crippen MR) is 101 cm³/mol. The molecular formula is C18H20F2N2O3S2. The third kappa shape index (κ3) is 5.32. The number of rotatable bonds is 7. The summed E-state index contributed by atoms with van der Waals surface area (Å²) in [6.45, 7) is 0. The highest BCUT2D eigenvalue weighted by atomic mass is 32.2. The van der Waals surface area contributed by atoms with E-state index < -0.39 is 27.4 Å². The van der Waals surface area contributed by atoms with Gasteiger partial charge in [0.05, 0.1) is 11.0 Å². The molecule has 0 spiro atoms. The number of anilines is 1. The van der Waals surface area contributed by atoms with Gasteiger partial charge in [-0.3, -0.25) is 4.79 Å². The standard InChI is InChI=1S/C18H20F2N2O3S2/c19-15-6-5-12(10-16(15)20)9-13-11-21-18(26-13)22-17(23)7-8-27(24,25)14-3-1-2-4-14/h5-6,10-11,14H,1-4,7-9H2,(H,21,22,23). The van der Waals surface area contributed by atoms with Crippen LogP contribution < -0.4 is 5.32 Å². The van der Waals surface area contributed by atoms with E-state index in [0.717, 1.165) is 29.9 Å². The van der Waals surface area contributed by atoms with Gasteiger partial charge in [-0.25, -0.2) is 22.2 Å². The number of carbonyl (C=O) groups excluding carboxylic acids is 1. The third-order valence-electron chi connectivity index (χ3n) is 4.59. The van der Waals surface area contributed by atoms with Crippen LogP contribution in [0.2, 0.25) is 0 Å². The van der Waals surface area contributed by atoms with Crippen molar-refractivity contribution in [3.8, 4) is 0 Å². The van der Waals surface area contributed by atoms with Gasteiger partial charge < -0.3 is 5.32 Å². The molecule has 5 nitrogen and oxygen atoms in total. The van der Waals surface area contributed by atoms with Gasteiger partial charge in [0.15, 0.2) is 26.6 Å². The molecule has 27 heavy (non-hydrogen) atoms. The van der Waals surface area contributed by atoms with Gasteiger partial charge in [-0.05, 0) is 30.5 Å². The molecule has 1 N–H and O–H groups in total. The monoisotopic (exact) mass is 414 g/mol. The molecule has 0 atom stereocenters. The fourth-order valence-electron chi connectivity index (χ4n) is 3.13. The summed E-state index contributed by atoms with van der Waals surface area (Å²) >= 11 is 1.22. The lowest BCUT2D eigenvalue weighted by Crippen LogP contribution is -2.24. The fraction of sp³-hybridized carbons (Fsp3) is 0.444. The molecule has 1 saturated carbocycles. The number of halogens is 2. The first-order chi connectivity index (χ1) is 12.8. The van der Waals surface area contributed by atoms with Crippen LogP contribution in [0.4, 0.5) is 13.9 Å². The summed E-state index contributed by atoms with van der Waals surface area (Å²) in [5, 5.41) is 2.65. The van der Waals surface area contributed by atoms with Crippen LogP contribution in [0, 0.1) is 11.6 Å². The van der Waals surface area contributed by atoms with Crippen molar-refractivity contribution in [3.05, 3.63) is 46.5 Å². The molecule has 0 bridgehead atoms. The fourth-order valence-corrected chi connectivity index (χ4v) is 5.85. The van der Waals surface area contributed by atoms with Gasteiger partial charge in [0, 0.05) is 23.9 Å². The number of nitrogens with zero attached hydrogens (tertiary/aromatic N) is 1. The van der Waals surface area contributed by atoms with Crippen molar-refractivity contribution in [3.63, 3.8) is 0 Å². The number of aromatic nitrogens is 1. The van der Waals surface area contributed by atoms with Crippen molar-refractivity contribution in [1.29, 1.82) is 0 Å². The molecule has 1 aliphatic rings. The summed E-state index contributed by atoms with van der Waals surface area (Å²) < 4.78 is 50.6. The maximum Gasteiger partial charge on any atom is 0.227 e. The minimum absolute atomic E-state index is 0.100. The summed E-state index contributed by atoms with van der Waals surface area (Å²) in [5.74, 6) is -2.36. The van der Waals surface area contributed by atoms with Crippen LogP contribution in [0.5, 0.6) is 0 Å². The average Bonchev–Trinajstić information content (AvgIpc) is 3.29. The predicted octanol–water partition coefficient (Wildman–Crippen LogP) is 3.70. The number of hydrogen-bond donors (Lipinski definition) is 1. The van der Waals surface area contributed by atoms with Gasteiger partial charge >= 0.3 is 0 Å². The Balaban J connectivity index is 1.52. The van der Waals surface area contributed by atoms with E-state index in [4.69, 9.17) is 0 Å². The topological polar surface area (TPSA) is 76.1 Å². The lowest BCUT2D eigenvalue weighted by atomic mass is 10.1. The van der Waals surface area contributed by atoms with Gasteiger partial charge in [-0.2, -0.15) is 0 Å². The zero-order chi connectivity index (χ0) is 19.4. The molecule has 0 unspecified atom stereocenters. The van der Waals surface area contributed by atoms with Gasteiger partial charge in [0.25, 0.3) is 0 Å². The zero-order valence-electron chi connectivity index (χ0n) is 14.6. The first-order valence-corrected chi connectivity index (χ1v) is 11.3. The lowest BCUT2D eigenvalue weighted by molar-refractivity contribution is -0.115. The number of benzene rings is 1. The Labute approximate surface area is 160 Å². The van der Waals surface area contributed by atoms with E-state index in [1.54, 1.807) is 6.20 Å². The SMILES string of the molecule is O=C(CCS(=O)(=O)C1CCCC1)Nc1ncc(Cc2ccc(F)c(F)c2)s1. The average molecular weight is 414 g/mol. The second kappa shape index (κ2) is 8.43. The van der Waals surface area contributed by atoms with E-state index in [9.17, 15) is 22.0 Å². The summed E-state index contributed by atoms with van der Waals surface area (Å²) in [4.78, 5) is 16.9. The number of sulfone groups is 1. The van der Waals surface area contributed by atoms with E-state index in [-0.39, 0.29) is 17.4 Å². The first-order valence-electron chi connectivity index (χ1n) is 8.73. The molecular weight excluding hydrogens is 394 g/mol. The molecule has 0 radical (unpaired) electrons. The Morgan fingerprint density at radius 2 is 1.96 bits per heavy atom. The van der Waals surface area contributed by atoms with Gasteiger partial charge in [0.1, 0.15) is 0 Å². The van der Waals surface area contributed by atoms with Crippen LogP contribution in [0.3, 0.4) is 0 Å².